The number of nitrogens with zero attached hydrogens (tertiary/aromatic N) is 1. The topological polar surface area (TPSA) is 89.2 Å². The number of thiophene rings is 1. The number of ketones is 1. The lowest BCUT2D eigenvalue weighted by molar-refractivity contribution is -0.130. The first-order valence-corrected chi connectivity index (χ1v) is 11.4. The second-order valence-corrected chi connectivity index (χ2v) is 8.76. The van der Waals surface area contributed by atoms with E-state index < -0.39 is 23.5 Å². The highest BCUT2D eigenvalue weighted by Gasteiger charge is 2.45. The van der Waals surface area contributed by atoms with Crippen molar-refractivity contribution in [3.8, 4) is 11.5 Å². The number of fused-ring (bicyclic) bond motifs is 1. The van der Waals surface area contributed by atoms with Gasteiger partial charge in [-0.3, -0.25) is 9.59 Å². The van der Waals surface area contributed by atoms with Gasteiger partial charge in [0.1, 0.15) is 11.6 Å². The Morgan fingerprint density at radius 3 is 2.56 bits per heavy atom. The van der Waals surface area contributed by atoms with E-state index in [-0.39, 0.29) is 17.9 Å². The molecule has 0 fully saturated rings. The van der Waals surface area contributed by atoms with Crippen LogP contribution in [0.2, 0.25) is 0 Å². The predicted octanol–water partition coefficient (Wildman–Crippen LogP) is 5.29. The summed E-state index contributed by atoms with van der Waals surface area (Å²) in [6.07, 6.45) is 0. The molecule has 172 valence electrons. The molecule has 7 nitrogen and oxygen atoms in total. The molecule has 5 rings (SSSR count). The summed E-state index contributed by atoms with van der Waals surface area (Å²) in [6, 6.07) is 17.2. The van der Waals surface area contributed by atoms with Crippen LogP contribution in [0.1, 0.15) is 27.0 Å². The smallest absolute Gasteiger partial charge is 0.290 e. The summed E-state index contributed by atoms with van der Waals surface area (Å²) < 4.78 is 16.4. The number of carbonyl (C=O) groups is 2. The summed E-state index contributed by atoms with van der Waals surface area (Å²) in [7, 11) is 3.08. The third kappa shape index (κ3) is 3.62. The van der Waals surface area contributed by atoms with E-state index in [0.717, 1.165) is 15.8 Å². The van der Waals surface area contributed by atoms with Gasteiger partial charge in [0, 0.05) is 16.8 Å². The molecule has 1 amide bonds. The maximum Gasteiger partial charge on any atom is 0.290 e. The molecule has 0 aliphatic carbocycles. The number of carbonyl (C=O) groups excluding carboxylic acids is 2. The molecule has 2 aromatic heterocycles. The normalized spacial score (nSPS) is 15.9. The summed E-state index contributed by atoms with van der Waals surface area (Å²) in [4.78, 5) is 29.0. The Morgan fingerprint density at radius 1 is 1.06 bits per heavy atom. The lowest BCUT2D eigenvalue weighted by atomic mass is 10.00. The van der Waals surface area contributed by atoms with Crippen molar-refractivity contribution in [3.63, 3.8) is 0 Å². The van der Waals surface area contributed by atoms with Crippen molar-refractivity contribution in [3.05, 3.63) is 93.6 Å². The van der Waals surface area contributed by atoms with Gasteiger partial charge in [-0.15, -0.1) is 11.3 Å². The van der Waals surface area contributed by atoms with Gasteiger partial charge in [0.2, 0.25) is 5.78 Å². The molecule has 0 saturated heterocycles. The summed E-state index contributed by atoms with van der Waals surface area (Å²) in [5.74, 6) is -0.539. The highest BCUT2D eigenvalue weighted by Crippen LogP contribution is 2.42. The van der Waals surface area contributed by atoms with E-state index >= 15 is 0 Å². The van der Waals surface area contributed by atoms with Crippen LogP contribution in [0.25, 0.3) is 11.0 Å². The molecule has 1 atom stereocenters. The van der Waals surface area contributed by atoms with E-state index in [1.165, 1.54) is 23.3 Å². The minimum absolute atomic E-state index is 0.00647. The minimum atomic E-state index is -0.749. The summed E-state index contributed by atoms with van der Waals surface area (Å²) in [5.41, 5.74) is 1.33. The summed E-state index contributed by atoms with van der Waals surface area (Å²) in [5, 5.41) is 13.5. The van der Waals surface area contributed by atoms with Gasteiger partial charge in [-0.1, -0.05) is 30.3 Å². The van der Waals surface area contributed by atoms with Crippen molar-refractivity contribution in [1.82, 2.24) is 4.90 Å². The molecule has 1 aliphatic heterocycles. The molecule has 0 radical (unpaired) electrons. The number of furan rings is 1. The first-order valence-electron chi connectivity index (χ1n) is 10.5. The summed E-state index contributed by atoms with van der Waals surface area (Å²) in [6.45, 7) is 0.155. The van der Waals surface area contributed by atoms with Gasteiger partial charge in [0.15, 0.2) is 23.0 Å². The summed E-state index contributed by atoms with van der Waals surface area (Å²) >= 11 is 1.41. The lowest BCUT2D eigenvalue weighted by Crippen LogP contribution is -2.30. The van der Waals surface area contributed by atoms with Crippen molar-refractivity contribution in [2.24, 2.45) is 0 Å². The largest absolute Gasteiger partial charge is 0.503 e. The fourth-order valence-electron chi connectivity index (χ4n) is 4.19. The number of para-hydroxylation sites is 1. The number of aliphatic hydroxyl groups is 1. The molecule has 1 unspecified atom stereocenters. The maximum absolute atomic E-state index is 13.5. The molecule has 1 aliphatic rings. The van der Waals surface area contributed by atoms with E-state index in [0.29, 0.717) is 17.1 Å². The molecule has 34 heavy (non-hydrogen) atoms. The number of benzene rings is 2. The van der Waals surface area contributed by atoms with E-state index in [1.54, 1.807) is 31.4 Å². The van der Waals surface area contributed by atoms with Crippen LogP contribution in [-0.2, 0) is 11.3 Å². The predicted molar refractivity (Wildman–Crippen MR) is 127 cm³/mol. The van der Waals surface area contributed by atoms with E-state index in [2.05, 4.69) is 0 Å². The first kappa shape index (κ1) is 21.8. The number of amides is 1. The number of hydrogen-bond acceptors (Lipinski definition) is 7. The van der Waals surface area contributed by atoms with Crippen LogP contribution < -0.4 is 9.47 Å². The van der Waals surface area contributed by atoms with Crippen LogP contribution in [0.3, 0.4) is 0 Å². The Morgan fingerprint density at radius 2 is 1.85 bits per heavy atom. The van der Waals surface area contributed by atoms with Crippen LogP contribution in [0.5, 0.6) is 11.5 Å². The van der Waals surface area contributed by atoms with Crippen molar-refractivity contribution in [2.75, 3.05) is 14.2 Å². The average molecular weight is 476 g/mol. The van der Waals surface area contributed by atoms with Gasteiger partial charge in [-0.05, 0) is 41.3 Å². The van der Waals surface area contributed by atoms with Gasteiger partial charge in [0.05, 0.1) is 19.8 Å². The van der Waals surface area contributed by atoms with Crippen molar-refractivity contribution < 1.29 is 28.6 Å². The van der Waals surface area contributed by atoms with Crippen molar-refractivity contribution in [1.29, 1.82) is 0 Å². The third-order valence-corrected chi connectivity index (χ3v) is 6.74. The fraction of sp³-hybridized carbons (Fsp3) is 0.154. The molecule has 0 saturated carbocycles. The van der Waals surface area contributed by atoms with Crippen LogP contribution in [0, 0.1) is 0 Å². The molecular weight excluding hydrogens is 454 g/mol. The third-order valence-electron chi connectivity index (χ3n) is 5.81. The molecule has 2 aromatic carbocycles. The molecular formula is C26H21NO6S. The average Bonchev–Trinajstić information content (AvgIpc) is 3.59. The molecule has 0 spiro atoms. The SMILES string of the molecule is COc1ccc(CN2C(=O)C(O)=C(C(=O)c3cc4ccccc4o3)C2c2cccs2)cc1OC. The number of hydrogen-bond donors (Lipinski definition) is 1. The van der Waals surface area contributed by atoms with Crippen molar-refractivity contribution in [2.45, 2.75) is 12.6 Å². The molecule has 4 aromatic rings. The Kier molecular flexibility index (Phi) is 5.59. The van der Waals surface area contributed by atoms with E-state index in [9.17, 15) is 14.7 Å². The lowest BCUT2D eigenvalue weighted by Gasteiger charge is -2.26. The van der Waals surface area contributed by atoms with E-state index in [4.69, 9.17) is 13.9 Å². The van der Waals surface area contributed by atoms with Gasteiger partial charge >= 0.3 is 0 Å². The number of methoxy groups -OCH3 is 2. The quantitative estimate of drug-likeness (QED) is 0.365. The Hall–Kier alpha value is -4.04. The second kappa shape index (κ2) is 8.72. The van der Waals surface area contributed by atoms with Crippen molar-refractivity contribution >= 4 is 34.0 Å². The first-order chi connectivity index (χ1) is 16.5. The monoisotopic (exact) mass is 475 g/mol. The van der Waals surface area contributed by atoms with Gasteiger partial charge in [-0.2, -0.15) is 0 Å². The van der Waals surface area contributed by atoms with Crippen LogP contribution >= 0.6 is 11.3 Å². The molecule has 3 heterocycles. The highest BCUT2D eigenvalue weighted by atomic mass is 32.1. The zero-order valence-electron chi connectivity index (χ0n) is 18.5. The van der Waals surface area contributed by atoms with Crippen LogP contribution in [0.4, 0.5) is 0 Å². The fourth-order valence-corrected chi connectivity index (χ4v) is 5.04. The van der Waals surface area contributed by atoms with Crippen LogP contribution in [-0.4, -0.2) is 35.9 Å². The molecule has 8 heteroatoms. The van der Waals surface area contributed by atoms with Crippen LogP contribution in [0.15, 0.2) is 81.8 Å². The zero-order chi connectivity index (χ0) is 23.8. The molecule has 1 N–H and O–H groups in total. The maximum atomic E-state index is 13.5. The van der Waals surface area contributed by atoms with Gasteiger partial charge < -0.3 is 23.9 Å². The number of ether oxygens (including phenoxy) is 2. The Bertz CT molecular complexity index is 1390. The minimum Gasteiger partial charge on any atom is -0.503 e. The zero-order valence-corrected chi connectivity index (χ0v) is 19.3. The Labute approximate surface area is 199 Å². The second-order valence-electron chi connectivity index (χ2n) is 7.78. The number of aliphatic hydroxyl groups excluding tert-OH is 1. The number of Topliss-reactive ketones (excluding diaryl/α,β-unsaturated/α-hetero) is 1. The number of rotatable bonds is 7. The highest BCUT2D eigenvalue weighted by molar-refractivity contribution is 7.10. The van der Waals surface area contributed by atoms with Gasteiger partial charge in [-0.25, -0.2) is 0 Å². The molecule has 0 bridgehead atoms. The van der Waals surface area contributed by atoms with Gasteiger partial charge in [0.25, 0.3) is 5.91 Å². The van der Waals surface area contributed by atoms with E-state index in [1.807, 2.05) is 41.8 Å². The standard InChI is InChI=1S/C26H21NO6S/c1-31-18-10-9-15(12-19(18)32-2)14-27-23(21-8-5-11-34-21)22(25(29)26(27)30)24(28)20-13-16-6-3-4-7-17(16)33-20/h3-13,23,29H,14H2,1-2H3. The Balaban J connectivity index is 1.54.